The molecule has 1 aromatic rings. The van der Waals surface area contributed by atoms with Crippen molar-refractivity contribution in [3.05, 3.63) is 18.5 Å². The van der Waals surface area contributed by atoms with Crippen molar-refractivity contribution in [2.45, 2.75) is 0 Å². The highest BCUT2D eigenvalue weighted by molar-refractivity contribution is 5.78. The molecule has 0 bridgehead atoms. The van der Waals surface area contributed by atoms with Gasteiger partial charge in [-0.25, -0.2) is 4.68 Å². The Bertz CT molecular complexity index is 206. The van der Waals surface area contributed by atoms with Gasteiger partial charge in [0.25, 0.3) is 5.91 Å². The fraction of sp³-hybridized carbons (Fsp3) is 0.333. The lowest BCUT2D eigenvalue weighted by Crippen LogP contribution is -2.16. The van der Waals surface area contributed by atoms with Crippen molar-refractivity contribution in [3.8, 4) is 0 Å². The number of aromatic nitrogens is 2. The molecule has 0 aromatic carbocycles. The van der Waals surface area contributed by atoms with E-state index in [-0.39, 0.29) is 12.5 Å². The normalized spacial score (nSPS) is 9.70. The summed E-state index contributed by atoms with van der Waals surface area (Å²) in [6, 6.07) is 1.69. The Hall–Kier alpha value is -1.16. The van der Waals surface area contributed by atoms with E-state index in [1.807, 2.05) is 0 Å². The average Bonchev–Trinajstić information content (AvgIpc) is 2.38. The molecule has 10 heavy (non-hydrogen) atoms. The van der Waals surface area contributed by atoms with Crippen LogP contribution in [-0.4, -0.2) is 29.4 Å². The van der Waals surface area contributed by atoms with Gasteiger partial charge in [-0.1, -0.05) is 0 Å². The fourth-order valence-electron chi connectivity index (χ4n) is 0.606. The fourth-order valence-corrected chi connectivity index (χ4v) is 0.606. The third-order valence-electron chi connectivity index (χ3n) is 1.03. The summed E-state index contributed by atoms with van der Waals surface area (Å²) in [7, 11) is 1.47. The molecule has 0 spiro atoms. The average molecular weight is 140 g/mol. The number of nitrogens with zero attached hydrogens (tertiary/aromatic N) is 2. The molecule has 0 fully saturated rings. The first-order valence-electron chi connectivity index (χ1n) is 2.86. The second kappa shape index (κ2) is 3.12. The number of rotatable bonds is 2. The van der Waals surface area contributed by atoms with Crippen molar-refractivity contribution in [2.75, 3.05) is 13.7 Å². The molecule has 0 radical (unpaired) electrons. The lowest BCUT2D eigenvalue weighted by atomic mass is 10.6. The second-order valence-corrected chi connectivity index (χ2v) is 1.78. The molecule has 1 heterocycles. The van der Waals surface area contributed by atoms with E-state index in [2.05, 4.69) is 9.84 Å². The molecule has 0 saturated heterocycles. The van der Waals surface area contributed by atoms with Crippen molar-refractivity contribution >= 4 is 5.91 Å². The topological polar surface area (TPSA) is 44.1 Å². The number of carbonyl (C=O) groups is 1. The highest BCUT2D eigenvalue weighted by Crippen LogP contribution is 1.84. The van der Waals surface area contributed by atoms with Crippen molar-refractivity contribution in [2.24, 2.45) is 0 Å². The minimum absolute atomic E-state index is 0.0711. The number of hydrogen-bond acceptors (Lipinski definition) is 3. The van der Waals surface area contributed by atoms with Crippen LogP contribution in [0.4, 0.5) is 0 Å². The van der Waals surface area contributed by atoms with E-state index in [0.717, 1.165) is 0 Å². The summed E-state index contributed by atoms with van der Waals surface area (Å²) >= 11 is 0. The van der Waals surface area contributed by atoms with E-state index in [4.69, 9.17) is 0 Å². The zero-order valence-electron chi connectivity index (χ0n) is 5.65. The van der Waals surface area contributed by atoms with Crippen molar-refractivity contribution in [3.63, 3.8) is 0 Å². The Balaban J connectivity index is 2.59. The van der Waals surface area contributed by atoms with Crippen molar-refractivity contribution in [1.82, 2.24) is 9.78 Å². The van der Waals surface area contributed by atoms with Crippen LogP contribution in [0.25, 0.3) is 0 Å². The van der Waals surface area contributed by atoms with E-state index in [9.17, 15) is 4.79 Å². The SMILES string of the molecule is COCC(=O)n1cccn1. The summed E-state index contributed by atoms with van der Waals surface area (Å²) in [5, 5.41) is 3.72. The molecule has 0 N–H and O–H groups in total. The molecule has 4 heteroatoms. The Morgan fingerprint density at radius 1 is 1.80 bits per heavy atom. The molecule has 0 atom stereocenters. The van der Waals surface area contributed by atoms with Crippen LogP contribution >= 0.6 is 0 Å². The molecule has 1 rings (SSSR count). The predicted molar refractivity (Wildman–Crippen MR) is 34.7 cm³/mol. The monoisotopic (exact) mass is 140 g/mol. The lowest BCUT2D eigenvalue weighted by molar-refractivity contribution is 0.0745. The molecule has 1 aromatic heterocycles. The van der Waals surface area contributed by atoms with E-state index in [1.54, 1.807) is 18.5 Å². The van der Waals surface area contributed by atoms with Gasteiger partial charge in [0.1, 0.15) is 6.61 Å². The van der Waals surface area contributed by atoms with Gasteiger partial charge in [-0.2, -0.15) is 5.10 Å². The van der Waals surface area contributed by atoms with Crippen LogP contribution in [0.3, 0.4) is 0 Å². The maximum absolute atomic E-state index is 10.9. The zero-order valence-corrected chi connectivity index (χ0v) is 5.65. The Morgan fingerprint density at radius 3 is 3.10 bits per heavy atom. The van der Waals surface area contributed by atoms with Gasteiger partial charge in [-0.05, 0) is 6.07 Å². The maximum Gasteiger partial charge on any atom is 0.272 e. The molecular formula is C6H8N2O2. The zero-order chi connectivity index (χ0) is 7.40. The summed E-state index contributed by atoms with van der Waals surface area (Å²) in [6.45, 7) is 0.0711. The minimum atomic E-state index is -0.160. The Labute approximate surface area is 58.4 Å². The number of hydrogen-bond donors (Lipinski definition) is 0. The van der Waals surface area contributed by atoms with Crippen LogP contribution < -0.4 is 0 Å². The molecule has 0 aliphatic carbocycles. The van der Waals surface area contributed by atoms with Crippen molar-refractivity contribution < 1.29 is 9.53 Å². The summed E-state index contributed by atoms with van der Waals surface area (Å²) in [5.74, 6) is -0.160. The molecule has 54 valence electrons. The summed E-state index contributed by atoms with van der Waals surface area (Å²) < 4.78 is 5.86. The van der Waals surface area contributed by atoms with Crippen LogP contribution in [-0.2, 0) is 4.74 Å². The number of carbonyl (C=O) groups excluding carboxylic acids is 1. The Kier molecular flexibility index (Phi) is 2.17. The smallest absolute Gasteiger partial charge is 0.272 e. The standard InChI is InChI=1S/C6H8N2O2/c1-10-5-6(9)8-4-2-3-7-8/h2-4H,5H2,1H3. The van der Waals surface area contributed by atoms with E-state index in [1.165, 1.54) is 11.8 Å². The first-order chi connectivity index (χ1) is 4.84. The second-order valence-electron chi connectivity index (χ2n) is 1.78. The van der Waals surface area contributed by atoms with E-state index < -0.39 is 0 Å². The molecule has 0 aliphatic rings. The quantitative estimate of drug-likeness (QED) is 0.588. The largest absolute Gasteiger partial charge is 0.375 e. The number of methoxy groups -OCH3 is 1. The molecule has 0 amide bonds. The maximum atomic E-state index is 10.9. The summed E-state index contributed by atoms with van der Waals surface area (Å²) in [6.07, 6.45) is 3.13. The molecule has 0 aliphatic heterocycles. The van der Waals surface area contributed by atoms with Crippen molar-refractivity contribution in [1.29, 1.82) is 0 Å². The van der Waals surface area contributed by atoms with Gasteiger partial charge >= 0.3 is 0 Å². The van der Waals surface area contributed by atoms with Gasteiger partial charge < -0.3 is 4.74 Å². The third-order valence-corrected chi connectivity index (χ3v) is 1.03. The number of ether oxygens (including phenoxy) is 1. The van der Waals surface area contributed by atoms with Gasteiger partial charge in [-0.3, -0.25) is 4.79 Å². The molecule has 4 nitrogen and oxygen atoms in total. The first-order valence-corrected chi connectivity index (χ1v) is 2.86. The third kappa shape index (κ3) is 1.41. The van der Waals surface area contributed by atoms with Gasteiger partial charge in [0, 0.05) is 19.5 Å². The summed E-state index contributed by atoms with van der Waals surface area (Å²) in [4.78, 5) is 10.9. The van der Waals surface area contributed by atoms with Crippen LogP contribution in [0.5, 0.6) is 0 Å². The Morgan fingerprint density at radius 2 is 2.60 bits per heavy atom. The van der Waals surface area contributed by atoms with Crippen LogP contribution in [0.1, 0.15) is 4.79 Å². The van der Waals surface area contributed by atoms with Gasteiger partial charge in [-0.15, -0.1) is 0 Å². The van der Waals surface area contributed by atoms with Crippen LogP contribution in [0.15, 0.2) is 18.5 Å². The first kappa shape index (κ1) is 6.95. The van der Waals surface area contributed by atoms with Gasteiger partial charge in [0.05, 0.1) is 0 Å². The highest BCUT2D eigenvalue weighted by Gasteiger charge is 2.01. The molecule has 0 saturated carbocycles. The minimum Gasteiger partial charge on any atom is -0.375 e. The van der Waals surface area contributed by atoms with Gasteiger partial charge in [0.2, 0.25) is 0 Å². The van der Waals surface area contributed by atoms with E-state index >= 15 is 0 Å². The van der Waals surface area contributed by atoms with Crippen LogP contribution in [0, 0.1) is 0 Å². The molecule has 0 unspecified atom stereocenters. The van der Waals surface area contributed by atoms with Gasteiger partial charge in [0.15, 0.2) is 0 Å². The highest BCUT2D eigenvalue weighted by atomic mass is 16.5. The lowest BCUT2D eigenvalue weighted by Gasteiger charge is -1.96. The van der Waals surface area contributed by atoms with E-state index in [0.29, 0.717) is 0 Å². The summed E-state index contributed by atoms with van der Waals surface area (Å²) in [5.41, 5.74) is 0. The van der Waals surface area contributed by atoms with Crippen LogP contribution in [0.2, 0.25) is 0 Å². The molecular weight excluding hydrogens is 132 g/mol. The predicted octanol–water partition coefficient (Wildman–Crippen LogP) is 0.170.